The molecule has 4 nitrogen and oxygen atoms in total. The average molecular weight is 541 g/mol. The number of hydrogen-bond donors (Lipinski definition) is 0. The number of nitrogens with zero attached hydrogens (tertiary/aromatic N) is 2. The molecule has 3 aromatic heterocycles. The molecular formula is C38H24N2O2. The summed E-state index contributed by atoms with van der Waals surface area (Å²) in [5.41, 5.74) is 10.1. The summed E-state index contributed by atoms with van der Waals surface area (Å²) in [6, 6.07) is 42.4. The van der Waals surface area contributed by atoms with Crippen molar-refractivity contribution in [3.63, 3.8) is 0 Å². The predicted molar refractivity (Wildman–Crippen MR) is 174 cm³/mol. The average Bonchev–Trinajstić information content (AvgIpc) is 3.70. The molecule has 0 N–H and O–H groups in total. The highest BCUT2D eigenvalue weighted by atomic mass is 16.3. The van der Waals surface area contributed by atoms with Crippen molar-refractivity contribution < 1.29 is 8.83 Å². The molecule has 3 heterocycles. The molecule has 0 radical (unpaired) electrons. The van der Waals surface area contributed by atoms with Gasteiger partial charge in [0.2, 0.25) is 0 Å². The minimum absolute atomic E-state index is 0.504. The van der Waals surface area contributed by atoms with E-state index in [1.54, 1.807) is 0 Å². The number of aliphatic imine (C=N–C) groups is 1. The molecule has 0 unspecified atom stereocenters. The van der Waals surface area contributed by atoms with E-state index >= 15 is 0 Å². The van der Waals surface area contributed by atoms with Gasteiger partial charge in [0.1, 0.15) is 16.7 Å². The molecule has 9 rings (SSSR count). The fourth-order valence-corrected chi connectivity index (χ4v) is 6.72. The van der Waals surface area contributed by atoms with Gasteiger partial charge >= 0.3 is 0 Å². The summed E-state index contributed by atoms with van der Waals surface area (Å²) in [5, 5.41) is 6.77. The smallest absolute Gasteiger partial charge is 0.160 e. The molecule has 198 valence electrons. The Morgan fingerprint density at radius 3 is 2.10 bits per heavy atom. The van der Waals surface area contributed by atoms with Gasteiger partial charge in [-0.2, -0.15) is 0 Å². The number of para-hydroxylation sites is 3. The standard InChI is InChI=1S/C38H24N2O2/c1-39-22-24-9-8-14-32(36(24)23-17-20-35-30(21-23)27-12-4-6-15-33(27)41-35)40-31-13-5-2-10-25(31)28-18-19-29-26-11-3-7-16-34(26)42-38(29)37(28)40/h2-21H,1,22H2. The fraction of sp³-hybridized carbons (Fsp3) is 0.0263. The Kier molecular flexibility index (Phi) is 4.79. The van der Waals surface area contributed by atoms with E-state index in [9.17, 15) is 0 Å². The van der Waals surface area contributed by atoms with Gasteiger partial charge in [-0.05, 0) is 60.3 Å². The molecule has 0 saturated carbocycles. The summed E-state index contributed by atoms with van der Waals surface area (Å²) in [5.74, 6) is 0. The van der Waals surface area contributed by atoms with Gasteiger partial charge in [-0.3, -0.25) is 4.99 Å². The molecular weight excluding hydrogens is 516 g/mol. The van der Waals surface area contributed by atoms with Crippen LogP contribution in [0, 0.1) is 0 Å². The molecule has 42 heavy (non-hydrogen) atoms. The van der Waals surface area contributed by atoms with Gasteiger partial charge in [-0.1, -0.05) is 78.9 Å². The van der Waals surface area contributed by atoms with Crippen molar-refractivity contribution in [3.05, 3.63) is 127 Å². The Hall–Kier alpha value is -5.61. The summed E-state index contributed by atoms with van der Waals surface area (Å²) in [6.45, 7) is 4.35. The van der Waals surface area contributed by atoms with Crippen molar-refractivity contribution in [3.8, 4) is 16.8 Å². The lowest BCUT2D eigenvalue weighted by Crippen LogP contribution is -2.01. The minimum atomic E-state index is 0.504. The fourth-order valence-electron chi connectivity index (χ4n) is 6.72. The van der Waals surface area contributed by atoms with Gasteiger partial charge in [-0.15, -0.1) is 0 Å². The molecule has 0 bridgehead atoms. The monoisotopic (exact) mass is 540 g/mol. The number of hydrogen-bond acceptors (Lipinski definition) is 3. The molecule has 0 atom stereocenters. The molecule has 0 saturated heterocycles. The molecule has 0 amide bonds. The first-order valence-electron chi connectivity index (χ1n) is 14.1. The van der Waals surface area contributed by atoms with Crippen LogP contribution >= 0.6 is 0 Å². The summed E-state index contributed by atoms with van der Waals surface area (Å²) in [6.07, 6.45) is 0. The maximum Gasteiger partial charge on any atom is 0.160 e. The Morgan fingerprint density at radius 1 is 0.571 bits per heavy atom. The third kappa shape index (κ3) is 3.15. The highest BCUT2D eigenvalue weighted by molar-refractivity contribution is 6.21. The Bertz CT molecular complexity index is 2520. The second-order valence-corrected chi connectivity index (χ2v) is 10.8. The van der Waals surface area contributed by atoms with Gasteiger partial charge in [0.15, 0.2) is 5.58 Å². The van der Waals surface area contributed by atoms with E-state index in [1.807, 2.05) is 24.3 Å². The summed E-state index contributed by atoms with van der Waals surface area (Å²) >= 11 is 0. The largest absolute Gasteiger partial charge is 0.456 e. The normalized spacial score (nSPS) is 12.0. The first kappa shape index (κ1) is 23.1. The van der Waals surface area contributed by atoms with Crippen LogP contribution < -0.4 is 0 Å². The molecule has 0 aliphatic carbocycles. The Labute approximate surface area is 240 Å². The van der Waals surface area contributed by atoms with Gasteiger partial charge in [0.05, 0.1) is 23.3 Å². The molecule has 9 aromatic rings. The van der Waals surface area contributed by atoms with E-state index in [2.05, 4.69) is 113 Å². The van der Waals surface area contributed by atoms with Crippen molar-refractivity contribution in [2.45, 2.75) is 6.54 Å². The second-order valence-electron chi connectivity index (χ2n) is 10.8. The van der Waals surface area contributed by atoms with Crippen LogP contribution in [0.2, 0.25) is 0 Å². The number of aromatic nitrogens is 1. The van der Waals surface area contributed by atoms with Crippen LogP contribution in [0.1, 0.15) is 5.56 Å². The van der Waals surface area contributed by atoms with Crippen molar-refractivity contribution in [2.75, 3.05) is 0 Å². The molecule has 0 aliphatic rings. The number of rotatable bonds is 4. The lowest BCUT2D eigenvalue weighted by molar-refractivity contribution is 0.669. The zero-order valence-corrected chi connectivity index (χ0v) is 22.7. The van der Waals surface area contributed by atoms with Gasteiger partial charge in [0.25, 0.3) is 0 Å². The number of benzene rings is 6. The Balaban J connectivity index is 1.44. The highest BCUT2D eigenvalue weighted by Crippen LogP contribution is 2.43. The van der Waals surface area contributed by atoms with E-state index in [0.29, 0.717) is 6.54 Å². The Morgan fingerprint density at radius 2 is 1.26 bits per heavy atom. The summed E-state index contributed by atoms with van der Waals surface area (Å²) < 4.78 is 15.2. The van der Waals surface area contributed by atoms with Crippen molar-refractivity contribution in [2.24, 2.45) is 4.99 Å². The first-order chi connectivity index (χ1) is 20.8. The van der Waals surface area contributed by atoms with Crippen LogP contribution in [-0.2, 0) is 6.54 Å². The van der Waals surface area contributed by atoms with E-state index in [1.165, 1.54) is 5.39 Å². The van der Waals surface area contributed by atoms with Crippen LogP contribution in [0.15, 0.2) is 135 Å². The van der Waals surface area contributed by atoms with E-state index < -0.39 is 0 Å². The van der Waals surface area contributed by atoms with Crippen LogP contribution in [0.5, 0.6) is 0 Å². The van der Waals surface area contributed by atoms with Crippen LogP contribution in [0.3, 0.4) is 0 Å². The summed E-state index contributed by atoms with van der Waals surface area (Å²) in [4.78, 5) is 4.32. The highest BCUT2D eigenvalue weighted by Gasteiger charge is 2.22. The molecule has 0 fully saturated rings. The molecule has 0 aliphatic heterocycles. The topological polar surface area (TPSA) is 43.6 Å². The molecule has 4 heteroatoms. The SMILES string of the molecule is C=NCc1cccc(-n2c3ccccc3c3ccc4c5ccccc5oc4c32)c1-c1ccc2oc3ccccc3c2c1. The van der Waals surface area contributed by atoms with Gasteiger partial charge < -0.3 is 13.4 Å². The molecule has 0 spiro atoms. The first-order valence-corrected chi connectivity index (χ1v) is 14.1. The summed E-state index contributed by atoms with van der Waals surface area (Å²) in [7, 11) is 0. The minimum Gasteiger partial charge on any atom is -0.456 e. The predicted octanol–water partition coefficient (Wildman–Crippen LogP) is 10.5. The lowest BCUT2D eigenvalue weighted by Gasteiger charge is -2.17. The second kappa shape index (κ2) is 8.69. The lowest BCUT2D eigenvalue weighted by atomic mass is 9.95. The maximum absolute atomic E-state index is 6.61. The van der Waals surface area contributed by atoms with E-state index in [-0.39, 0.29) is 0 Å². The van der Waals surface area contributed by atoms with Crippen molar-refractivity contribution >= 4 is 72.4 Å². The van der Waals surface area contributed by atoms with E-state index in [0.717, 1.165) is 82.7 Å². The third-order valence-corrected chi connectivity index (χ3v) is 8.50. The van der Waals surface area contributed by atoms with Crippen LogP contribution in [0.4, 0.5) is 0 Å². The van der Waals surface area contributed by atoms with Crippen LogP contribution in [-0.4, -0.2) is 11.3 Å². The van der Waals surface area contributed by atoms with Crippen LogP contribution in [0.25, 0.3) is 82.5 Å². The third-order valence-electron chi connectivity index (χ3n) is 8.50. The van der Waals surface area contributed by atoms with Gasteiger partial charge in [-0.25, -0.2) is 0 Å². The van der Waals surface area contributed by atoms with E-state index in [4.69, 9.17) is 8.83 Å². The molecule has 6 aromatic carbocycles. The van der Waals surface area contributed by atoms with Gasteiger partial charge in [0, 0.05) is 37.9 Å². The zero-order valence-electron chi connectivity index (χ0n) is 22.7. The zero-order chi connectivity index (χ0) is 27.8. The van der Waals surface area contributed by atoms with Crippen molar-refractivity contribution in [1.82, 2.24) is 4.57 Å². The van der Waals surface area contributed by atoms with Crippen molar-refractivity contribution in [1.29, 1.82) is 0 Å². The number of furan rings is 2. The number of fused-ring (bicyclic) bond motifs is 10. The maximum atomic E-state index is 6.61. The quantitative estimate of drug-likeness (QED) is 0.208.